The van der Waals surface area contributed by atoms with Crippen molar-refractivity contribution < 1.29 is 24.1 Å². The molecule has 0 spiro atoms. The number of ether oxygens (including phenoxy) is 3. The summed E-state index contributed by atoms with van der Waals surface area (Å²) in [5, 5.41) is 9.16. The molecule has 6 heteroatoms. The normalized spacial score (nSPS) is 11.6. The number of nitrogens with zero attached hydrogens (tertiary/aromatic N) is 1. The van der Waals surface area contributed by atoms with Gasteiger partial charge in [0.05, 0.1) is 6.61 Å². The van der Waals surface area contributed by atoms with E-state index in [4.69, 9.17) is 19.3 Å². The quantitative estimate of drug-likeness (QED) is 0.503. The number of benzene rings is 2. The van der Waals surface area contributed by atoms with Gasteiger partial charge in [-0.15, -0.1) is 0 Å². The van der Waals surface area contributed by atoms with Gasteiger partial charge in [-0.25, -0.2) is 9.78 Å². The minimum atomic E-state index is -0.975. The molecule has 1 heterocycles. The van der Waals surface area contributed by atoms with Gasteiger partial charge in [-0.1, -0.05) is 36.4 Å². The lowest BCUT2D eigenvalue weighted by molar-refractivity contribution is -0.149. The second-order valence-corrected chi connectivity index (χ2v) is 6.65. The standard InChI is InChI=1S/C24H25NO5/c1-2-28-22(24(26)27)16-19-10-13-23(25-17-19)29-15-14-18-8-11-21(12-9-18)30-20-6-4-3-5-7-20/h3-13,17,22H,2,14-16H2,1H3,(H,26,27). The molecule has 0 radical (unpaired) electrons. The van der Waals surface area contributed by atoms with Crippen molar-refractivity contribution in [2.24, 2.45) is 0 Å². The number of carbonyl (C=O) groups is 1. The second-order valence-electron chi connectivity index (χ2n) is 6.65. The van der Waals surface area contributed by atoms with Gasteiger partial charge in [0.1, 0.15) is 11.5 Å². The first kappa shape index (κ1) is 21.3. The molecule has 0 bridgehead atoms. The summed E-state index contributed by atoms with van der Waals surface area (Å²) in [5.74, 6) is 1.12. The molecule has 1 unspecified atom stereocenters. The molecule has 1 atom stereocenters. The molecule has 0 amide bonds. The average Bonchev–Trinajstić information content (AvgIpc) is 2.76. The average molecular weight is 407 g/mol. The number of hydrogen-bond acceptors (Lipinski definition) is 5. The van der Waals surface area contributed by atoms with Gasteiger partial charge in [0.15, 0.2) is 6.10 Å². The topological polar surface area (TPSA) is 77.9 Å². The molecule has 0 saturated carbocycles. The summed E-state index contributed by atoms with van der Waals surface area (Å²) in [6.07, 6.45) is 1.77. The molecular formula is C24H25NO5. The van der Waals surface area contributed by atoms with E-state index in [1.165, 1.54) is 0 Å². The summed E-state index contributed by atoms with van der Waals surface area (Å²) < 4.78 is 16.7. The van der Waals surface area contributed by atoms with Crippen LogP contribution in [0.25, 0.3) is 0 Å². The number of hydrogen-bond donors (Lipinski definition) is 1. The maximum Gasteiger partial charge on any atom is 0.333 e. The summed E-state index contributed by atoms with van der Waals surface area (Å²) in [6, 6.07) is 21.1. The third-order valence-electron chi connectivity index (χ3n) is 4.40. The smallest absolute Gasteiger partial charge is 0.333 e. The van der Waals surface area contributed by atoms with Crippen LogP contribution in [-0.2, 0) is 22.4 Å². The second kappa shape index (κ2) is 11.0. The van der Waals surface area contributed by atoms with Crippen molar-refractivity contribution in [2.75, 3.05) is 13.2 Å². The first-order chi connectivity index (χ1) is 14.6. The molecule has 1 N–H and O–H groups in total. The lowest BCUT2D eigenvalue weighted by atomic mass is 10.1. The first-order valence-corrected chi connectivity index (χ1v) is 9.88. The van der Waals surface area contributed by atoms with Crippen molar-refractivity contribution in [3.63, 3.8) is 0 Å². The molecule has 0 fully saturated rings. The van der Waals surface area contributed by atoms with Crippen LogP contribution < -0.4 is 9.47 Å². The Morgan fingerprint density at radius 2 is 1.67 bits per heavy atom. The van der Waals surface area contributed by atoms with Gasteiger partial charge in [-0.3, -0.25) is 0 Å². The predicted molar refractivity (Wildman–Crippen MR) is 113 cm³/mol. The summed E-state index contributed by atoms with van der Waals surface area (Å²) in [6.45, 7) is 2.61. The molecule has 1 aromatic heterocycles. The maximum atomic E-state index is 11.2. The molecule has 3 aromatic rings. The summed E-state index contributed by atoms with van der Waals surface area (Å²) in [7, 11) is 0. The van der Waals surface area contributed by atoms with Gasteiger partial charge in [-0.2, -0.15) is 0 Å². The number of rotatable bonds is 11. The molecule has 3 rings (SSSR count). The highest BCUT2D eigenvalue weighted by Gasteiger charge is 2.18. The molecule has 30 heavy (non-hydrogen) atoms. The predicted octanol–water partition coefficient (Wildman–Crippen LogP) is 4.53. The van der Waals surface area contributed by atoms with E-state index in [2.05, 4.69) is 4.98 Å². The van der Waals surface area contributed by atoms with E-state index in [-0.39, 0.29) is 6.42 Å². The number of pyridine rings is 1. The van der Waals surface area contributed by atoms with Gasteiger partial charge in [0.2, 0.25) is 5.88 Å². The fourth-order valence-electron chi connectivity index (χ4n) is 2.87. The third-order valence-corrected chi connectivity index (χ3v) is 4.40. The summed E-state index contributed by atoms with van der Waals surface area (Å²) in [5.41, 5.74) is 1.92. The Hall–Kier alpha value is -3.38. The van der Waals surface area contributed by atoms with Crippen molar-refractivity contribution in [1.82, 2.24) is 4.98 Å². The SMILES string of the molecule is CCOC(Cc1ccc(OCCc2ccc(Oc3ccccc3)cc2)nc1)C(=O)O. The van der Waals surface area contributed by atoms with Gasteiger partial charge in [-0.05, 0) is 42.3 Å². The number of aliphatic carboxylic acids is 1. The Balaban J connectivity index is 1.45. The summed E-state index contributed by atoms with van der Waals surface area (Å²) in [4.78, 5) is 15.4. The number of carboxylic acids is 1. The molecular weight excluding hydrogens is 382 g/mol. The van der Waals surface area contributed by atoms with Gasteiger partial charge < -0.3 is 19.3 Å². The highest BCUT2D eigenvalue weighted by atomic mass is 16.5. The Kier molecular flexibility index (Phi) is 7.80. The van der Waals surface area contributed by atoms with Crippen molar-refractivity contribution in [1.29, 1.82) is 0 Å². The largest absolute Gasteiger partial charge is 0.479 e. The van der Waals surface area contributed by atoms with Crippen LogP contribution in [0.1, 0.15) is 18.1 Å². The van der Waals surface area contributed by atoms with Crippen LogP contribution in [0.5, 0.6) is 17.4 Å². The molecule has 2 aromatic carbocycles. The van der Waals surface area contributed by atoms with E-state index in [9.17, 15) is 4.79 Å². The zero-order chi connectivity index (χ0) is 21.2. The Labute approximate surface area is 176 Å². The van der Waals surface area contributed by atoms with E-state index >= 15 is 0 Å². The number of carboxylic acid groups (broad SMARTS) is 1. The molecule has 6 nitrogen and oxygen atoms in total. The Morgan fingerprint density at radius 1 is 0.967 bits per heavy atom. The van der Waals surface area contributed by atoms with E-state index < -0.39 is 12.1 Å². The number of para-hydroxylation sites is 1. The van der Waals surface area contributed by atoms with Crippen LogP contribution >= 0.6 is 0 Å². The van der Waals surface area contributed by atoms with E-state index in [1.54, 1.807) is 19.2 Å². The molecule has 0 aliphatic rings. The van der Waals surface area contributed by atoms with Crippen molar-refractivity contribution in [2.45, 2.75) is 25.9 Å². The summed E-state index contributed by atoms with van der Waals surface area (Å²) >= 11 is 0. The fourth-order valence-corrected chi connectivity index (χ4v) is 2.87. The first-order valence-electron chi connectivity index (χ1n) is 9.88. The third kappa shape index (κ3) is 6.60. The van der Waals surface area contributed by atoms with Crippen LogP contribution in [0.2, 0.25) is 0 Å². The van der Waals surface area contributed by atoms with Crippen LogP contribution in [-0.4, -0.2) is 35.4 Å². The minimum Gasteiger partial charge on any atom is -0.479 e. The zero-order valence-corrected chi connectivity index (χ0v) is 16.9. The van der Waals surface area contributed by atoms with Crippen molar-refractivity contribution in [3.05, 3.63) is 84.1 Å². The van der Waals surface area contributed by atoms with Crippen LogP contribution in [0.15, 0.2) is 72.9 Å². The minimum absolute atomic E-state index is 0.272. The molecule has 0 aliphatic heterocycles. The Morgan fingerprint density at radius 3 is 2.30 bits per heavy atom. The van der Waals surface area contributed by atoms with Crippen LogP contribution in [0.4, 0.5) is 0 Å². The maximum absolute atomic E-state index is 11.2. The lowest BCUT2D eigenvalue weighted by Crippen LogP contribution is -2.26. The van der Waals surface area contributed by atoms with Gasteiger partial charge in [0.25, 0.3) is 0 Å². The van der Waals surface area contributed by atoms with Crippen LogP contribution in [0.3, 0.4) is 0 Å². The van der Waals surface area contributed by atoms with E-state index in [0.717, 1.165) is 29.0 Å². The monoisotopic (exact) mass is 407 g/mol. The Bertz CT molecular complexity index is 911. The van der Waals surface area contributed by atoms with E-state index in [0.29, 0.717) is 19.1 Å². The zero-order valence-electron chi connectivity index (χ0n) is 16.9. The van der Waals surface area contributed by atoms with E-state index in [1.807, 2.05) is 60.7 Å². The lowest BCUT2D eigenvalue weighted by Gasteiger charge is -2.12. The number of aromatic nitrogens is 1. The highest BCUT2D eigenvalue weighted by molar-refractivity contribution is 5.72. The molecule has 0 saturated heterocycles. The molecule has 156 valence electrons. The fraction of sp³-hybridized carbons (Fsp3) is 0.250. The van der Waals surface area contributed by atoms with Crippen molar-refractivity contribution >= 4 is 5.97 Å². The molecule has 0 aliphatic carbocycles. The van der Waals surface area contributed by atoms with Crippen molar-refractivity contribution in [3.8, 4) is 17.4 Å². The van der Waals surface area contributed by atoms with Gasteiger partial charge >= 0.3 is 5.97 Å². The van der Waals surface area contributed by atoms with Gasteiger partial charge in [0, 0.05) is 31.7 Å². The highest BCUT2D eigenvalue weighted by Crippen LogP contribution is 2.21. The van der Waals surface area contributed by atoms with Crippen LogP contribution in [0, 0.1) is 0 Å².